The predicted octanol–water partition coefficient (Wildman–Crippen LogP) is 3.23. The van der Waals surface area contributed by atoms with Gasteiger partial charge in [-0.2, -0.15) is 0 Å². The molecule has 2 aromatic rings. The Kier molecular flexibility index (Phi) is 6.30. The molecular weight excluding hydrogens is 334 g/mol. The standard InChI is InChI=1S/C23H31N3O/c1-23(24,21-11-7-4-8-12-21)22(27)26-15-13-20(14-16-26)18-25(2)17-19-9-5-3-6-10-19/h3-12,20H,13-18,24H2,1-2H3. The molecule has 4 heteroatoms. The van der Waals surface area contributed by atoms with Gasteiger partial charge in [0, 0.05) is 26.2 Å². The van der Waals surface area contributed by atoms with Crippen molar-refractivity contribution >= 4 is 5.91 Å². The molecule has 1 amide bonds. The van der Waals surface area contributed by atoms with E-state index in [2.05, 4.69) is 42.3 Å². The number of hydrogen-bond donors (Lipinski definition) is 1. The van der Waals surface area contributed by atoms with Gasteiger partial charge in [0.25, 0.3) is 0 Å². The maximum Gasteiger partial charge on any atom is 0.246 e. The number of hydrogen-bond acceptors (Lipinski definition) is 3. The van der Waals surface area contributed by atoms with Crippen LogP contribution in [0.25, 0.3) is 0 Å². The Morgan fingerprint density at radius 1 is 1.07 bits per heavy atom. The van der Waals surface area contributed by atoms with Gasteiger partial charge in [0.2, 0.25) is 5.91 Å². The summed E-state index contributed by atoms with van der Waals surface area (Å²) in [5.74, 6) is 0.660. The van der Waals surface area contributed by atoms with Crippen molar-refractivity contribution in [2.45, 2.75) is 31.8 Å². The summed E-state index contributed by atoms with van der Waals surface area (Å²) in [5.41, 5.74) is 7.67. The SMILES string of the molecule is CN(Cc1ccccc1)CC1CCN(C(=O)C(C)(N)c2ccccc2)CC1. The summed E-state index contributed by atoms with van der Waals surface area (Å²) in [6.07, 6.45) is 2.07. The number of carbonyl (C=O) groups excluding carboxylic acids is 1. The van der Waals surface area contributed by atoms with E-state index in [1.165, 1.54) is 5.56 Å². The number of benzene rings is 2. The van der Waals surface area contributed by atoms with E-state index in [0.29, 0.717) is 5.92 Å². The van der Waals surface area contributed by atoms with E-state index in [-0.39, 0.29) is 5.91 Å². The van der Waals surface area contributed by atoms with Gasteiger partial charge < -0.3 is 15.5 Å². The Balaban J connectivity index is 1.50. The van der Waals surface area contributed by atoms with Crippen LogP contribution in [0, 0.1) is 5.92 Å². The molecule has 1 heterocycles. The van der Waals surface area contributed by atoms with Crippen LogP contribution >= 0.6 is 0 Å². The second-order valence-corrected chi connectivity index (χ2v) is 7.99. The topological polar surface area (TPSA) is 49.6 Å². The summed E-state index contributed by atoms with van der Waals surface area (Å²) in [6.45, 7) is 5.44. The molecule has 1 aliphatic heterocycles. The molecule has 1 saturated heterocycles. The number of rotatable bonds is 6. The highest BCUT2D eigenvalue weighted by Gasteiger charge is 2.36. The van der Waals surface area contributed by atoms with Crippen LogP contribution < -0.4 is 5.73 Å². The number of likely N-dealkylation sites (tertiary alicyclic amines) is 1. The Bertz CT molecular complexity index is 722. The zero-order chi connectivity index (χ0) is 19.3. The lowest BCUT2D eigenvalue weighted by atomic mass is 9.89. The first-order valence-electron chi connectivity index (χ1n) is 9.83. The van der Waals surface area contributed by atoms with Crippen LogP contribution in [0.15, 0.2) is 60.7 Å². The van der Waals surface area contributed by atoms with Gasteiger partial charge >= 0.3 is 0 Å². The van der Waals surface area contributed by atoms with Gasteiger partial charge in [-0.05, 0) is 43.9 Å². The van der Waals surface area contributed by atoms with Gasteiger partial charge in [-0.3, -0.25) is 4.79 Å². The van der Waals surface area contributed by atoms with E-state index in [1.807, 2.05) is 42.2 Å². The Morgan fingerprint density at radius 2 is 1.63 bits per heavy atom. The van der Waals surface area contributed by atoms with Crippen LogP contribution in [0.4, 0.5) is 0 Å². The third-order valence-electron chi connectivity index (χ3n) is 5.58. The minimum atomic E-state index is -0.960. The maximum atomic E-state index is 13.0. The second-order valence-electron chi connectivity index (χ2n) is 7.99. The lowest BCUT2D eigenvalue weighted by molar-refractivity contribution is -0.138. The molecule has 0 radical (unpaired) electrons. The molecular formula is C23H31N3O. The normalized spacial score (nSPS) is 17.7. The second kappa shape index (κ2) is 8.68. The highest BCUT2D eigenvalue weighted by Crippen LogP contribution is 2.25. The zero-order valence-corrected chi connectivity index (χ0v) is 16.5. The van der Waals surface area contributed by atoms with Crippen LogP contribution in [0.3, 0.4) is 0 Å². The minimum absolute atomic E-state index is 0.0322. The van der Waals surface area contributed by atoms with Crippen molar-refractivity contribution in [3.63, 3.8) is 0 Å². The van der Waals surface area contributed by atoms with Crippen molar-refractivity contribution in [1.29, 1.82) is 0 Å². The molecule has 2 N–H and O–H groups in total. The molecule has 0 bridgehead atoms. The highest BCUT2D eigenvalue weighted by molar-refractivity contribution is 5.87. The maximum absolute atomic E-state index is 13.0. The lowest BCUT2D eigenvalue weighted by Gasteiger charge is -2.38. The van der Waals surface area contributed by atoms with Gasteiger partial charge in [-0.15, -0.1) is 0 Å². The summed E-state index contributed by atoms with van der Waals surface area (Å²) in [6, 6.07) is 20.2. The summed E-state index contributed by atoms with van der Waals surface area (Å²) >= 11 is 0. The van der Waals surface area contributed by atoms with Gasteiger partial charge in [-0.25, -0.2) is 0 Å². The largest absolute Gasteiger partial charge is 0.341 e. The molecule has 27 heavy (non-hydrogen) atoms. The average Bonchev–Trinajstić information content (AvgIpc) is 2.69. The number of nitrogens with zero attached hydrogens (tertiary/aromatic N) is 2. The van der Waals surface area contributed by atoms with Crippen LogP contribution in [-0.2, 0) is 16.9 Å². The van der Waals surface area contributed by atoms with E-state index < -0.39 is 5.54 Å². The van der Waals surface area contributed by atoms with Crippen LogP contribution in [-0.4, -0.2) is 42.4 Å². The van der Waals surface area contributed by atoms with Crippen LogP contribution in [0.2, 0.25) is 0 Å². The third kappa shape index (κ3) is 4.96. The van der Waals surface area contributed by atoms with Crippen molar-refractivity contribution in [3.8, 4) is 0 Å². The lowest BCUT2D eigenvalue weighted by Crippen LogP contribution is -2.53. The Hall–Kier alpha value is -2.17. The molecule has 1 aliphatic rings. The molecule has 2 aromatic carbocycles. The summed E-state index contributed by atoms with van der Waals surface area (Å²) < 4.78 is 0. The molecule has 1 unspecified atom stereocenters. The van der Waals surface area contributed by atoms with Crippen molar-refractivity contribution in [2.75, 3.05) is 26.7 Å². The summed E-state index contributed by atoms with van der Waals surface area (Å²) in [4.78, 5) is 17.3. The van der Waals surface area contributed by atoms with Crippen molar-refractivity contribution in [3.05, 3.63) is 71.8 Å². The molecule has 0 spiro atoms. The zero-order valence-electron chi connectivity index (χ0n) is 16.5. The first kappa shape index (κ1) is 19.6. The smallest absolute Gasteiger partial charge is 0.246 e. The number of nitrogens with two attached hydrogens (primary N) is 1. The van der Waals surface area contributed by atoms with Crippen LogP contribution in [0.5, 0.6) is 0 Å². The van der Waals surface area contributed by atoms with Gasteiger partial charge in [-0.1, -0.05) is 60.7 Å². The van der Waals surface area contributed by atoms with E-state index in [0.717, 1.165) is 44.6 Å². The molecule has 144 valence electrons. The molecule has 1 fully saturated rings. The number of amides is 1. The van der Waals surface area contributed by atoms with Gasteiger partial charge in [0.15, 0.2) is 0 Å². The quantitative estimate of drug-likeness (QED) is 0.855. The number of piperidine rings is 1. The van der Waals surface area contributed by atoms with Gasteiger partial charge in [0.1, 0.15) is 5.54 Å². The Labute approximate surface area is 163 Å². The minimum Gasteiger partial charge on any atom is -0.341 e. The molecule has 0 saturated carbocycles. The van der Waals surface area contributed by atoms with Crippen LogP contribution in [0.1, 0.15) is 30.9 Å². The fourth-order valence-corrected chi connectivity index (χ4v) is 3.96. The first-order valence-corrected chi connectivity index (χ1v) is 9.83. The summed E-state index contributed by atoms with van der Waals surface area (Å²) in [5, 5.41) is 0. The molecule has 0 aliphatic carbocycles. The average molecular weight is 366 g/mol. The first-order chi connectivity index (χ1) is 13.0. The fourth-order valence-electron chi connectivity index (χ4n) is 3.96. The van der Waals surface area contributed by atoms with E-state index in [1.54, 1.807) is 0 Å². The predicted molar refractivity (Wildman–Crippen MR) is 110 cm³/mol. The molecule has 0 aromatic heterocycles. The fraction of sp³-hybridized carbons (Fsp3) is 0.435. The third-order valence-corrected chi connectivity index (χ3v) is 5.58. The summed E-state index contributed by atoms with van der Waals surface area (Å²) in [7, 11) is 2.18. The van der Waals surface area contributed by atoms with E-state index in [4.69, 9.17) is 5.73 Å². The Morgan fingerprint density at radius 3 is 2.22 bits per heavy atom. The van der Waals surface area contributed by atoms with E-state index in [9.17, 15) is 4.79 Å². The molecule has 1 atom stereocenters. The number of carbonyl (C=O) groups is 1. The molecule has 4 nitrogen and oxygen atoms in total. The van der Waals surface area contributed by atoms with Crippen molar-refractivity contribution in [2.24, 2.45) is 11.7 Å². The monoisotopic (exact) mass is 365 g/mol. The van der Waals surface area contributed by atoms with Gasteiger partial charge in [0.05, 0.1) is 0 Å². The van der Waals surface area contributed by atoms with Crippen molar-refractivity contribution < 1.29 is 4.79 Å². The highest BCUT2D eigenvalue weighted by atomic mass is 16.2. The molecule has 3 rings (SSSR count). The van der Waals surface area contributed by atoms with Crippen molar-refractivity contribution in [1.82, 2.24) is 9.80 Å². The van der Waals surface area contributed by atoms with E-state index >= 15 is 0 Å².